The van der Waals surface area contributed by atoms with E-state index in [1.807, 2.05) is 40.5 Å². The SMILES string of the molecule is c1cc(-c2ccn(Cc3ccncc3)n2)cc(-c2ncnc3sccc23)c1. The second-order valence-electron chi connectivity index (χ2n) is 6.20. The Hall–Kier alpha value is -3.38. The molecule has 27 heavy (non-hydrogen) atoms. The number of hydrogen-bond donors (Lipinski definition) is 0. The summed E-state index contributed by atoms with van der Waals surface area (Å²) < 4.78 is 1.94. The molecule has 4 aromatic heterocycles. The maximum absolute atomic E-state index is 4.73. The number of aromatic nitrogens is 5. The van der Waals surface area contributed by atoms with Crippen LogP contribution in [-0.2, 0) is 6.54 Å². The van der Waals surface area contributed by atoms with Crippen molar-refractivity contribution in [1.29, 1.82) is 0 Å². The molecule has 0 aliphatic carbocycles. The van der Waals surface area contributed by atoms with Crippen molar-refractivity contribution >= 4 is 21.6 Å². The molecule has 0 aliphatic rings. The molecule has 130 valence electrons. The smallest absolute Gasteiger partial charge is 0.127 e. The number of hydrogen-bond acceptors (Lipinski definition) is 5. The molecule has 0 radical (unpaired) electrons. The van der Waals surface area contributed by atoms with Crippen LogP contribution in [0.4, 0.5) is 0 Å². The Labute approximate surface area is 160 Å². The Morgan fingerprint density at radius 1 is 0.926 bits per heavy atom. The summed E-state index contributed by atoms with van der Waals surface area (Å²) in [7, 11) is 0. The third-order valence-electron chi connectivity index (χ3n) is 4.43. The zero-order valence-corrected chi connectivity index (χ0v) is 15.2. The van der Waals surface area contributed by atoms with Crippen LogP contribution in [0.1, 0.15) is 5.56 Å². The van der Waals surface area contributed by atoms with Crippen LogP contribution in [0.15, 0.2) is 78.8 Å². The molecule has 6 heteroatoms. The minimum atomic E-state index is 0.726. The number of nitrogens with zero attached hydrogens (tertiary/aromatic N) is 5. The number of pyridine rings is 1. The van der Waals surface area contributed by atoms with E-state index in [1.54, 1.807) is 30.1 Å². The van der Waals surface area contributed by atoms with Gasteiger partial charge in [0.25, 0.3) is 0 Å². The molecule has 0 fully saturated rings. The van der Waals surface area contributed by atoms with Gasteiger partial charge in [-0.3, -0.25) is 9.67 Å². The first-order chi connectivity index (χ1) is 13.4. The molecule has 0 amide bonds. The van der Waals surface area contributed by atoms with Gasteiger partial charge in [-0.15, -0.1) is 11.3 Å². The lowest BCUT2D eigenvalue weighted by Gasteiger charge is -2.05. The molecule has 0 unspecified atom stereocenters. The average Bonchev–Trinajstić information content (AvgIpc) is 3.38. The predicted molar refractivity (Wildman–Crippen MR) is 107 cm³/mol. The zero-order chi connectivity index (χ0) is 18.1. The van der Waals surface area contributed by atoms with Crippen molar-refractivity contribution in [3.05, 3.63) is 84.4 Å². The largest absolute Gasteiger partial charge is 0.268 e. The summed E-state index contributed by atoms with van der Waals surface area (Å²) in [4.78, 5) is 13.9. The zero-order valence-electron chi connectivity index (χ0n) is 14.4. The average molecular weight is 369 g/mol. The van der Waals surface area contributed by atoms with Gasteiger partial charge in [0.1, 0.15) is 11.2 Å². The summed E-state index contributed by atoms with van der Waals surface area (Å²) in [5, 5.41) is 7.86. The van der Waals surface area contributed by atoms with Crippen molar-refractivity contribution in [2.75, 3.05) is 0 Å². The molecule has 4 heterocycles. The number of benzene rings is 1. The van der Waals surface area contributed by atoms with E-state index >= 15 is 0 Å². The Kier molecular flexibility index (Phi) is 3.95. The van der Waals surface area contributed by atoms with E-state index in [4.69, 9.17) is 5.10 Å². The topological polar surface area (TPSA) is 56.5 Å². The lowest BCUT2D eigenvalue weighted by molar-refractivity contribution is 0.688. The number of rotatable bonds is 4. The monoisotopic (exact) mass is 369 g/mol. The third kappa shape index (κ3) is 3.11. The highest BCUT2D eigenvalue weighted by molar-refractivity contribution is 7.16. The molecule has 1 aromatic carbocycles. The van der Waals surface area contributed by atoms with E-state index in [0.29, 0.717) is 0 Å². The molecule has 0 aliphatic heterocycles. The van der Waals surface area contributed by atoms with Gasteiger partial charge in [-0.25, -0.2) is 9.97 Å². The number of fused-ring (bicyclic) bond motifs is 1. The molecule has 5 nitrogen and oxygen atoms in total. The molecular formula is C21H15N5S. The lowest BCUT2D eigenvalue weighted by atomic mass is 10.0. The van der Waals surface area contributed by atoms with E-state index in [0.717, 1.165) is 39.3 Å². The molecule has 0 atom stereocenters. The Morgan fingerprint density at radius 3 is 2.74 bits per heavy atom. The van der Waals surface area contributed by atoms with Gasteiger partial charge < -0.3 is 0 Å². The van der Waals surface area contributed by atoms with Crippen molar-refractivity contribution in [3.8, 4) is 22.5 Å². The van der Waals surface area contributed by atoms with E-state index < -0.39 is 0 Å². The normalized spacial score (nSPS) is 11.1. The summed E-state index contributed by atoms with van der Waals surface area (Å²) in [6.07, 6.45) is 7.24. The third-order valence-corrected chi connectivity index (χ3v) is 5.25. The quantitative estimate of drug-likeness (QED) is 0.462. The van der Waals surface area contributed by atoms with Crippen LogP contribution in [0, 0.1) is 0 Å². The summed E-state index contributed by atoms with van der Waals surface area (Å²) >= 11 is 1.63. The summed E-state index contributed by atoms with van der Waals surface area (Å²) in [5.41, 5.74) is 5.22. The first kappa shape index (κ1) is 15.8. The van der Waals surface area contributed by atoms with Gasteiger partial charge in [0.2, 0.25) is 0 Å². The molecule has 0 saturated carbocycles. The molecule has 0 bridgehead atoms. The van der Waals surface area contributed by atoms with Crippen LogP contribution in [0.5, 0.6) is 0 Å². The Balaban J connectivity index is 1.49. The predicted octanol–water partition coefficient (Wildman–Crippen LogP) is 4.67. The van der Waals surface area contributed by atoms with Crippen LogP contribution < -0.4 is 0 Å². The van der Waals surface area contributed by atoms with Gasteiger partial charge in [-0.1, -0.05) is 18.2 Å². The van der Waals surface area contributed by atoms with Gasteiger partial charge in [-0.2, -0.15) is 5.10 Å². The fourth-order valence-corrected chi connectivity index (χ4v) is 3.86. The molecular weight excluding hydrogens is 354 g/mol. The van der Waals surface area contributed by atoms with Crippen LogP contribution in [0.3, 0.4) is 0 Å². The van der Waals surface area contributed by atoms with Crippen molar-refractivity contribution in [2.24, 2.45) is 0 Å². The fourth-order valence-electron chi connectivity index (χ4n) is 3.12. The van der Waals surface area contributed by atoms with Crippen molar-refractivity contribution in [3.63, 3.8) is 0 Å². The van der Waals surface area contributed by atoms with Gasteiger partial charge in [0.05, 0.1) is 17.9 Å². The van der Waals surface area contributed by atoms with Crippen LogP contribution in [-0.4, -0.2) is 24.7 Å². The van der Waals surface area contributed by atoms with Crippen molar-refractivity contribution in [2.45, 2.75) is 6.54 Å². The van der Waals surface area contributed by atoms with Gasteiger partial charge in [0.15, 0.2) is 0 Å². The molecule has 0 N–H and O–H groups in total. The number of thiophene rings is 1. The first-order valence-corrected chi connectivity index (χ1v) is 9.46. The maximum Gasteiger partial charge on any atom is 0.127 e. The highest BCUT2D eigenvalue weighted by atomic mass is 32.1. The molecule has 5 aromatic rings. The van der Waals surface area contributed by atoms with Gasteiger partial charge in [0, 0.05) is 35.1 Å². The van der Waals surface area contributed by atoms with Crippen molar-refractivity contribution < 1.29 is 0 Å². The minimum Gasteiger partial charge on any atom is -0.268 e. The van der Waals surface area contributed by atoms with E-state index in [9.17, 15) is 0 Å². The lowest BCUT2D eigenvalue weighted by Crippen LogP contribution is -2.00. The summed E-state index contributed by atoms with van der Waals surface area (Å²) in [5.74, 6) is 0. The summed E-state index contributed by atoms with van der Waals surface area (Å²) in [6.45, 7) is 0.726. The fraction of sp³-hybridized carbons (Fsp3) is 0.0476. The van der Waals surface area contributed by atoms with E-state index in [-0.39, 0.29) is 0 Å². The second-order valence-corrected chi connectivity index (χ2v) is 7.09. The van der Waals surface area contributed by atoms with Crippen LogP contribution in [0.25, 0.3) is 32.7 Å². The first-order valence-electron chi connectivity index (χ1n) is 8.58. The highest BCUT2D eigenvalue weighted by Gasteiger charge is 2.10. The Morgan fingerprint density at radius 2 is 1.81 bits per heavy atom. The standard InChI is InChI=1S/C21H15N5S/c1-2-16(19-6-10-26(25-19)13-15-4-8-22-9-5-15)12-17(3-1)20-18-7-11-27-21(18)24-14-23-20/h1-12,14H,13H2. The summed E-state index contributed by atoms with van der Waals surface area (Å²) in [6, 6.07) is 16.5. The van der Waals surface area contributed by atoms with Crippen LogP contribution >= 0.6 is 11.3 Å². The maximum atomic E-state index is 4.73. The second kappa shape index (κ2) is 6.74. The van der Waals surface area contributed by atoms with Gasteiger partial charge in [-0.05, 0) is 41.3 Å². The van der Waals surface area contributed by atoms with E-state index in [2.05, 4.69) is 39.2 Å². The Bertz CT molecular complexity index is 1210. The highest BCUT2D eigenvalue weighted by Crippen LogP contribution is 2.30. The molecule has 5 rings (SSSR count). The van der Waals surface area contributed by atoms with Crippen LogP contribution in [0.2, 0.25) is 0 Å². The van der Waals surface area contributed by atoms with Crippen molar-refractivity contribution in [1.82, 2.24) is 24.7 Å². The van der Waals surface area contributed by atoms with Gasteiger partial charge >= 0.3 is 0 Å². The molecule has 0 spiro atoms. The minimum absolute atomic E-state index is 0.726. The molecule has 0 saturated heterocycles. The van der Waals surface area contributed by atoms with E-state index in [1.165, 1.54) is 5.56 Å².